The summed E-state index contributed by atoms with van der Waals surface area (Å²) in [5.41, 5.74) is 0. The average molecular weight is 373 g/mol. The molecule has 0 fully saturated rings. The molecule has 0 N–H and O–H groups in total. The van der Waals surface area contributed by atoms with Gasteiger partial charge >= 0.3 is 0 Å². The van der Waals surface area contributed by atoms with Crippen molar-refractivity contribution in [3.8, 4) is 0 Å². The quantitative estimate of drug-likeness (QED) is 0.575. The number of hydrogen-bond donors (Lipinski definition) is 0. The molecule has 0 saturated heterocycles. The van der Waals surface area contributed by atoms with Crippen LogP contribution >= 0.6 is 61.5 Å². The highest BCUT2D eigenvalue weighted by molar-refractivity contribution is 14.1. The first-order chi connectivity index (χ1) is 5.68. The lowest BCUT2D eigenvalue weighted by molar-refractivity contribution is 1.75. The molecule has 4 heteroatoms. The van der Waals surface area contributed by atoms with Gasteiger partial charge in [0.1, 0.15) is 4.34 Å². The Balaban J connectivity index is 2.87. The molecule has 0 amide bonds. The van der Waals surface area contributed by atoms with Crippen molar-refractivity contribution in [2.45, 2.75) is 0 Å². The summed E-state index contributed by atoms with van der Waals surface area (Å²) in [6, 6.07) is 6.30. The fraction of sp³-hybridized carbons (Fsp3) is 0. The summed E-state index contributed by atoms with van der Waals surface area (Å²) < 4.78 is 4.32. The fourth-order valence-corrected chi connectivity index (χ4v) is 3.64. The van der Waals surface area contributed by atoms with Crippen LogP contribution in [0.5, 0.6) is 0 Å². The smallest absolute Gasteiger partial charge is 0.108 e. The highest BCUT2D eigenvalue weighted by Gasteiger charge is 2.06. The predicted molar refractivity (Wildman–Crippen MR) is 67.3 cm³/mol. The highest BCUT2D eigenvalue weighted by atomic mass is 127. The van der Waals surface area contributed by atoms with Gasteiger partial charge in [-0.2, -0.15) is 0 Å². The number of hydrogen-bond acceptors (Lipinski definition) is 1. The number of halogens is 3. The van der Waals surface area contributed by atoms with E-state index < -0.39 is 0 Å². The van der Waals surface area contributed by atoms with Gasteiger partial charge in [-0.15, -0.1) is 11.3 Å². The summed E-state index contributed by atoms with van der Waals surface area (Å²) >= 11 is 13.3. The lowest BCUT2D eigenvalue weighted by Gasteiger charge is -1.90. The summed E-state index contributed by atoms with van der Waals surface area (Å²) in [6.45, 7) is 0. The van der Waals surface area contributed by atoms with Gasteiger partial charge in [0.2, 0.25) is 0 Å². The first kappa shape index (κ1) is 9.24. The van der Waals surface area contributed by atoms with Gasteiger partial charge in [0.05, 0.1) is 4.47 Å². The van der Waals surface area contributed by atoms with E-state index in [2.05, 4.69) is 56.7 Å². The molecule has 0 atom stereocenters. The van der Waals surface area contributed by atoms with Gasteiger partial charge < -0.3 is 0 Å². The summed E-state index contributed by atoms with van der Waals surface area (Å²) in [5.74, 6) is 0. The molecule has 0 aliphatic carbocycles. The van der Waals surface area contributed by atoms with E-state index >= 15 is 0 Å². The Labute approximate surface area is 101 Å². The molecule has 0 radical (unpaired) electrons. The number of rotatable bonds is 0. The third-order valence-electron chi connectivity index (χ3n) is 1.55. The van der Waals surface area contributed by atoms with Crippen LogP contribution in [0.15, 0.2) is 22.7 Å². The van der Waals surface area contributed by atoms with Crippen molar-refractivity contribution in [1.82, 2.24) is 0 Å². The van der Waals surface area contributed by atoms with Crippen LogP contribution in [0.25, 0.3) is 10.1 Å². The largest absolute Gasteiger partial charge is 0.122 e. The van der Waals surface area contributed by atoms with Gasteiger partial charge in [-0.05, 0) is 50.7 Å². The molecule has 2 rings (SSSR count). The van der Waals surface area contributed by atoms with Crippen molar-refractivity contribution >= 4 is 71.5 Å². The van der Waals surface area contributed by atoms with Crippen molar-refractivity contribution < 1.29 is 0 Å². The Morgan fingerprint density at radius 2 is 2.17 bits per heavy atom. The van der Waals surface area contributed by atoms with E-state index in [1.807, 2.05) is 0 Å². The second-order valence-corrected chi connectivity index (χ2v) is 6.02. The molecule has 0 unspecified atom stereocenters. The van der Waals surface area contributed by atoms with Gasteiger partial charge in [0.15, 0.2) is 0 Å². The van der Waals surface area contributed by atoms with E-state index in [-0.39, 0.29) is 0 Å². The second-order valence-electron chi connectivity index (χ2n) is 2.33. The number of thiophene rings is 1. The molecular weight excluding hydrogens is 370 g/mol. The summed E-state index contributed by atoms with van der Waals surface area (Å²) in [7, 11) is 0. The van der Waals surface area contributed by atoms with E-state index in [1.165, 1.54) is 13.7 Å². The molecule has 0 aliphatic heterocycles. The fourth-order valence-electron chi connectivity index (χ4n) is 1.01. The van der Waals surface area contributed by atoms with Crippen molar-refractivity contribution in [2.24, 2.45) is 0 Å². The van der Waals surface area contributed by atoms with E-state index in [4.69, 9.17) is 11.6 Å². The Hall–Kier alpha value is 0.680. The molecule has 1 heterocycles. The normalized spacial score (nSPS) is 10.9. The third-order valence-corrected chi connectivity index (χ3v) is 4.90. The molecule has 0 spiro atoms. The Morgan fingerprint density at radius 1 is 1.42 bits per heavy atom. The van der Waals surface area contributed by atoms with Crippen LogP contribution < -0.4 is 0 Å². The van der Waals surface area contributed by atoms with Gasteiger partial charge in [0.25, 0.3) is 0 Å². The number of benzene rings is 1. The van der Waals surface area contributed by atoms with E-state index in [9.17, 15) is 0 Å². The monoisotopic (exact) mass is 372 g/mol. The molecule has 2 aromatic rings. The maximum absolute atomic E-state index is 5.97. The molecular formula is C8H3BrClIS. The standard InChI is InChI=1S/C8H3BrClIS/c9-7-5-2-1-4(11)3-6(5)12-8(7)10/h1-3H. The highest BCUT2D eigenvalue weighted by Crippen LogP contribution is 2.39. The molecule has 0 bridgehead atoms. The lowest BCUT2D eigenvalue weighted by atomic mass is 10.3. The minimum atomic E-state index is 0.826. The van der Waals surface area contributed by atoms with Gasteiger partial charge in [-0.25, -0.2) is 0 Å². The molecule has 0 nitrogen and oxygen atoms in total. The molecule has 0 aliphatic rings. The Morgan fingerprint density at radius 3 is 2.92 bits per heavy atom. The first-order valence-corrected chi connectivity index (χ1v) is 6.28. The SMILES string of the molecule is Clc1sc2cc(I)ccc2c1Br. The van der Waals surface area contributed by atoms with Crippen LogP contribution in [0.3, 0.4) is 0 Å². The maximum atomic E-state index is 5.97. The topological polar surface area (TPSA) is 0 Å². The first-order valence-electron chi connectivity index (χ1n) is 3.21. The van der Waals surface area contributed by atoms with Crippen molar-refractivity contribution in [3.05, 3.63) is 30.6 Å². The minimum absolute atomic E-state index is 0.826. The zero-order valence-electron chi connectivity index (χ0n) is 5.77. The minimum Gasteiger partial charge on any atom is -0.122 e. The zero-order chi connectivity index (χ0) is 8.72. The summed E-state index contributed by atoms with van der Waals surface area (Å²) in [5, 5.41) is 1.20. The van der Waals surface area contributed by atoms with Crippen LogP contribution in [0.2, 0.25) is 4.34 Å². The second kappa shape index (κ2) is 3.44. The zero-order valence-corrected chi connectivity index (χ0v) is 11.1. The van der Waals surface area contributed by atoms with E-state index in [1.54, 1.807) is 11.3 Å². The van der Waals surface area contributed by atoms with Gasteiger partial charge in [-0.1, -0.05) is 17.7 Å². The van der Waals surface area contributed by atoms with Crippen LogP contribution in [0, 0.1) is 3.57 Å². The predicted octanol–water partition coefficient (Wildman–Crippen LogP) is 4.92. The van der Waals surface area contributed by atoms with Gasteiger partial charge in [-0.3, -0.25) is 0 Å². The van der Waals surface area contributed by atoms with Crippen molar-refractivity contribution in [3.63, 3.8) is 0 Å². The van der Waals surface area contributed by atoms with Crippen LogP contribution in [0.4, 0.5) is 0 Å². The van der Waals surface area contributed by atoms with Gasteiger partial charge in [0, 0.05) is 13.7 Å². The molecule has 62 valence electrons. The van der Waals surface area contributed by atoms with Crippen molar-refractivity contribution in [1.29, 1.82) is 0 Å². The van der Waals surface area contributed by atoms with Crippen LogP contribution in [0.1, 0.15) is 0 Å². The lowest BCUT2D eigenvalue weighted by Crippen LogP contribution is -1.67. The van der Waals surface area contributed by atoms with E-state index in [0.29, 0.717) is 0 Å². The average Bonchev–Trinajstić information content (AvgIpc) is 2.28. The summed E-state index contributed by atoms with van der Waals surface area (Å²) in [6.07, 6.45) is 0. The number of fused-ring (bicyclic) bond motifs is 1. The van der Waals surface area contributed by atoms with E-state index in [0.717, 1.165) is 8.81 Å². The van der Waals surface area contributed by atoms with Crippen LogP contribution in [-0.2, 0) is 0 Å². The Bertz CT molecular complexity index is 438. The maximum Gasteiger partial charge on any atom is 0.108 e. The Kier molecular flexibility index (Phi) is 2.65. The summed E-state index contributed by atoms with van der Waals surface area (Å²) in [4.78, 5) is 0. The molecule has 0 saturated carbocycles. The molecule has 1 aromatic heterocycles. The van der Waals surface area contributed by atoms with Crippen LogP contribution in [-0.4, -0.2) is 0 Å². The third kappa shape index (κ3) is 1.52. The molecule has 1 aromatic carbocycles. The van der Waals surface area contributed by atoms with Crippen molar-refractivity contribution in [2.75, 3.05) is 0 Å². The molecule has 12 heavy (non-hydrogen) atoms.